The molecule has 6 nitrogen and oxygen atoms in total. The molecule has 0 spiro atoms. The minimum atomic E-state index is -4.55. The lowest BCUT2D eigenvalue weighted by molar-refractivity contribution is -0.137. The first-order valence-electron chi connectivity index (χ1n) is 8.61. The van der Waals surface area contributed by atoms with Crippen LogP contribution >= 0.6 is 0 Å². The fourth-order valence-electron chi connectivity index (χ4n) is 2.69. The van der Waals surface area contributed by atoms with Gasteiger partial charge in [0.15, 0.2) is 0 Å². The quantitative estimate of drug-likeness (QED) is 0.506. The van der Waals surface area contributed by atoms with Gasteiger partial charge in [-0.15, -0.1) is 0 Å². The van der Waals surface area contributed by atoms with Gasteiger partial charge in [0, 0.05) is 18.5 Å². The summed E-state index contributed by atoms with van der Waals surface area (Å²) in [6, 6.07) is 11.8. The van der Waals surface area contributed by atoms with Crippen LogP contribution in [-0.2, 0) is 22.7 Å². The molecule has 0 saturated carbocycles. The molecule has 154 valence electrons. The van der Waals surface area contributed by atoms with Gasteiger partial charge in [0.05, 0.1) is 34.0 Å². The van der Waals surface area contributed by atoms with Gasteiger partial charge in [0.1, 0.15) is 0 Å². The van der Waals surface area contributed by atoms with Crippen LogP contribution in [0.15, 0.2) is 59.5 Å². The maximum atomic E-state index is 12.7. The summed E-state index contributed by atoms with van der Waals surface area (Å²) in [5.41, 5.74) is 0.341. The van der Waals surface area contributed by atoms with Crippen molar-refractivity contribution in [2.24, 2.45) is 0 Å². The number of sulfonamides is 1. The number of aliphatic hydroxyl groups excluding tert-OH is 1. The van der Waals surface area contributed by atoms with Crippen molar-refractivity contribution in [2.45, 2.75) is 17.6 Å². The molecule has 0 aliphatic carbocycles. The Hall–Kier alpha value is -2.69. The van der Waals surface area contributed by atoms with Gasteiger partial charge in [0.25, 0.3) is 10.0 Å². The van der Waals surface area contributed by atoms with Gasteiger partial charge in [-0.2, -0.15) is 13.2 Å². The van der Waals surface area contributed by atoms with Crippen molar-refractivity contribution in [3.8, 4) is 0 Å². The molecule has 0 bridgehead atoms. The van der Waals surface area contributed by atoms with Crippen LogP contribution in [0.3, 0.4) is 0 Å². The second-order valence-corrected chi connectivity index (χ2v) is 7.89. The van der Waals surface area contributed by atoms with Crippen molar-refractivity contribution in [1.29, 1.82) is 0 Å². The fraction of sp³-hybridized carbons (Fsp3) is 0.211. The standard InChI is InChI=1S/C19H18F3N3O3S/c20-19(21,22)14-5-8-16(9-6-14)29(27,28)25-17-3-1-2-13-4-7-15(24-18(13)17)12-23-10-11-26/h1-9,23,25-26H,10-12H2. The Kier molecular flexibility index (Phi) is 6.06. The van der Waals surface area contributed by atoms with Gasteiger partial charge in [-0.1, -0.05) is 18.2 Å². The molecular formula is C19H18F3N3O3S. The number of pyridine rings is 1. The number of halogens is 3. The molecule has 0 atom stereocenters. The first-order valence-corrected chi connectivity index (χ1v) is 10.1. The van der Waals surface area contributed by atoms with Crippen LogP contribution < -0.4 is 10.0 Å². The summed E-state index contributed by atoms with van der Waals surface area (Å²) in [4.78, 5) is 4.16. The van der Waals surface area contributed by atoms with Crippen LogP contribution in [-0.4, -0.2) is 31.7 Å². The molecule has 3 N–H and O–H groups in total. The molecule has 0 saturated heterocycles. The van der Waals surface area contributed by atoms with E-state index in [2.05, 4.69) is 15.0 Å². The summed E-state index contributed by atoms with van der Waals surface area (Å²) in [6.45, 7) is 0.754. The molecule has 3 rings (SSSR count). The van der Waals surface area contributed by atoms with Crippen molar-refractivity contribution < 1.29 is 26.7 Å². The van der Waals surface area contributed by atoms with Crippen molar-refractivity contribution in [3.63, 3.8) is 0 Å². The molecule has 0 unspecified atom stereocenters. The molecule has 2 aromatic carbocycles. The van der Waals surface area contributed by atoms with E-state index in [0.717, 1.165) is 24.3 Å². The molecule has 3 aromatic rings. The zero-order valence-electron chi connectivity index (χ0n) is 15.1. The Morgan fingerprint density at radius 3 is 2.38 bits per heavy atom. The summed E-state index contributed by atoms with van der Waals surface area (Å²) in [6.07, 6.45) is -4.55. The van der Waals surface area contributed by atoms with E-state index in [9.17, 15) is 21.6 Å². The molecule has 1 aromatic heterocycles. The summed E-state index contributed by atoms with van der Waals surface area (Å²) < 4.78 is 65.8. The summed E-state index contributed by atoms with van der Waals surface area (Å²) in [5, 5.41) is 12.5. The van der Waals surface area contributed by atoms with Gasteiger partial charge < -0.3 is 10.4 Å². The lowest BCUT2D eigenvalue weighted by atomic mass is 10.2. The number of aliphatic hydroxyl groups is 1. The Bertz CT molecular complexity index is 1100. The maximum absolute atomic E-state index is 12.7. The zero-order chi connectivity index (χ0) is 21.1. The highest BCUT2D eigenvalue weighted by molar-refractivity contribution is 7.92. The Morgan fingerprint density at radius 1 is 1.00 bits per heavy atom. The highest BCUT2D eigenvalue weighted by Crippen LogP contribution is 2.30. The number of para-hydroxylation sites is 1. The number of nitrogens with zero attached hydrogens (tertiary/aromatic N) is 1. The van der Waals surface area contributed by atoms with Gasteiger partial charge in [-0.05, 0) is 36.4 Å². The monoisotopic (exact) mass is 425 g/mol. The summed E-state index contributed by atoms with van der Waals surface area (Å²) in [5.74, 6) is 0. The second-order valence-electron chi connectivity index (χ2n) is 6.21. The number of fused-ring (bicyclic) bond motifs is 1. The van der Waals surface area contributed by atoms with Crippen molar-refractivity contribution in [3.05, 3.63) is 65.9 Å². The van der Waals surface area contributed by atoms with Crippen molar-refractivity contribution >= 4 is 26.6 Å². The molecule has 0 radical (unpaired) electrons. The predicted octanol–water partition coefficient (Wildman–Crippen LogP) is 3.14. The number of alkyl halides is 3. The van der Waals surface area contributed by atoms with Crippen LogP contribution in [0.2, 0.25) is 0 Å². The van der Waals surface area contributed by atoms with E-state index < -0.39 is 21.8 Å². The van der Waals surface area contributed by atoms with Crippen LogP contribution in [0, 0.1) is 0 Å². The normalized spacial score (nSPS) is 12.3. The second kappa shape index (κ2) is 8.36. The van der Waals surface area contributed by atoms with Crippen molar-refractivity contribution in [2.75, 3.05) is 17.9 Å². The molecule has 10 heteroatoms. The van der Waals surface area contributed by atoms with E-state index in [1.807, 2.05) is 0 Å². The van der Waals surface area contributed by atoms with Gasteiger partial charge in [-0.3, -0.25) is 4.72 Å². The van der Waals surface area contributed by atoms with Gasteiger partial charge >= 0.3 is 6.18 Å². The first kappa shape index (κ1) is 21.0. The largest absolute Gasteiger partial charge is 0.416 e. The number of nitrogens with one attached hydrogen (secondary N) is 2. The van der Waals surface area contributed by atoms with E-state index in [-0.39, 0.29) is 17.2 Å². The molecule has 29 heavy (non-hydrogen) atoms. The Morgan fingerprint density at radius 2 is 1.72 bits per heavy atom. The molecule has 0 amide bonds. The van der Waals surface area contributed by atoms with Gasteiger partial charge in [-0.25, -0.2) is 13.4 Å². The molecule has 0 fully saturated rings. The van der Waals surface area contributed by atoms with Crippen LogP contribution in [0.1, 0.15) is 11.3 Å². The third kappa shape index (κ3) is 5.03. The maximum Gasteiger partial charge on any atom is 0.416 e. The van der Waals surface area contributed by atoms with E-state index in [1.54, 1.807) is 24.3 Å². The van der Waals surface area contributed by atoms with E-state index >= 15 is 0 Å². The first-order chi connectivity index (χ1) is 13.7. The molecule has 0 aliphatic heterocycles. The lowest BCUT2D eigenvalue weighted by Gasteiger charge is -2.12. The Labute approximate surface area is 165 Å². The van der Waals surface area contributed by atoms with E-state index in [0.29, 0.717) is 29.7 Å². The van der Waals surface area contributed by atoms with Crippen LogP contribution in [0.4, 0.5) is 18.9 Å². The van der Waals surface area contributed by atoms with E-state index in [1.165, 1.54) is 6.07 Å². The average molecular weight is 425 g/mol. The number of aromatic nitrogens is 1. The number of hydrogen-bond donors (Lipinski definition) is 3. The smallest absolute Gasteiger partial charge is 0.395 e. The predicted molar refractivity (Wildman–Crippen MR) is 103 cm³/mol. The fourth-order valence-corrected chi connectivity index (χ4v) is 3.76. The highest BCUT2D eigenvalue weighted by atomic mass is 32.2. The van der Waals surface area contributed by atoms with Crippen molar-refractivity contribution in [1.82, 2.24) is 10.3 Å². The number of benzene rings is 2. The zero-order valence-corrected chi connectivity index (χ0v) is 15.9. The summed E-state index contributed by atoms with van der Waals surface area (Å²) >= 11 is 0. The van der Waals surface area contributed by atoms with Gasteiger partial charge in [0.2, 0.25) is 0 Å². The average Bonchev–Trinajstić information content (AvgIpc) is 2.68. The number of hydrogen-bond acceptors (Lipinski definition) is 5. The number of rotatable bonds is 7. The minimum Gasteiger partial charge on any atom is -0.395 e. The summed E-state index contributed by atoms with van der Waals surface area (Å²) in [7, 11) is -4.11. The molecule has 0 aliphatic rings. The highest BCUT2D eigenvalue weighted by Gasteiger charge is 2.30. The topological polar surface area (TPSA) is 91.3 Å². The van der Waals surface area contributed by atoms with E-state index in [4.69, 9.17) is 5.11 Å². The third-order valence-electron chi connectivity index (χ3n) is 4.11. The molecular weight excluding hydrogens is 407 g/mol. The lowest BCUT2D eigenvalue weighted by Crippen LogP contribution is -2.18. The van der Waals surface area contributed by atoms with Crippen LogP contribution in [0.5, 0.6) is 0 Å². The molecule has 1 heterocycles. The Balaban J connectivity index is 1.90. The third-order valence-corrected chi connectivity index (χ3v) is 5.49. The minimum absolute atomic E-state index is 0.0221. The SMILES string of the molecule is O=S(=O)(Nc1cccc2ccc(CNCCO)nc12)c1ccc(C(F)(F)F)cc1. The van der Waals surface area contributed by atoms with Crippen LogP contribution in [0.25, 0.3) is 10.9 Å². The number of anilines is 1.